The molecule has 72 valence electrons. The van der Waals surface area contributed by atoms with Crippen molar-refractivity contribution in [1.82, 2.24) is 5.32 Å². The largest absolute Gasteiger partial charge is 0.313 e. The van der Waals surface area contributed by atoms with Gasteiger partial charge in [0.25, 0.3) is 0 Å². The lowest BCUT2D eigenvalue weighted by atomic mass is 9.97. The van der Waals surface area contributed by atoms with Crippen LogP contribution in [0.2, 0.25) is 0 Å². The third-order valence-corrected chi connectivity index (χ3v) is 3.71. The van der Waals surface area contributed by atoms with Crippen LogP contribution in [-0.4, -0.2) is 36.5 Å². The molecule has 0 unspecified atom stereocenters. The van der Waals surface area contributed by atoms with E-state index in [1.165, 1.54) is 11.8 Å². The first-order chi connectivity index (χ1) is 6.14. The molecule has 1 N–H and O–H groups in total. The van der Waals surface area contributed by atoms with Crippen molar-refractivity contribution < 1.29 is 4.79 Å². The van der Waals surface area contributed by atoms with Crippen LogP contribution in [0.15, 0.2) is 0 Å². The predicted octanol–water partition coefficient (Wildman–Crippen LogP) is 0.813. The molecular weight excluding hydrogens is 201 g/mol. The minimum Gasteiger partial charge on any atom is -0.313 e. The third-order valence-electron chi connectivity index (χ3n) is 2.51. The minimum absolute atomic E-state index is 0.189. The molecule has 2 nitrogen and oxygen atoms in total. The van der Waals surface area contributed by atoms with Gasteiger partial charge in [0, 0.05) is 5.25 Å². The summed E-state index contributed by atoms with van der Waals surface area (Å²) in [5.74, 6) is 0. The zero-order chi connectivity index (χ0) is 9.90. The van der Waals surface area contributed by atoms with Gasteiger partial charge >= 0.3 is 0 Å². The molecule has 0 amide bonds. The van der Waals surface area contributed by atoms with Gasteiger partial charge in [-0.15, -0.1) is 0 Å². The summed E-state index contributed by atoms with van der Waals surface area (Å²) in [6.07, 6.45) is 4.81. The van der Waals surface area contributed by atoms with Crippen molar-refractivity contribution in [2.75, 3.05) is 12.7 Å². The number of nitrogens with one attached hydrogen (secondary N) is 1. The Kier molecular flexibility index (Phi) is 4.20. The summed E-state index contributed by atoms with van der Waals surface area (Å²) in [4.78, 5) is 11.7. The number of thioether (sulfide) groups is 1. The summed E-state index contributed by atoms with van der Waals surface area (Å²) in [6.45, 7) is 0. The fraction of sp³-hybridized carbons (Fsp3) is 0.875. The van der Waals surface area contributed by atoms with Crippen LogP contribution in [0.5, 0.6) is 0 Å². The summed E-state index contributed by atoms with van der Waals surface area (Å²) >= 11 is 5.66. The number of hydrogen-bond donors (Lipinski definition) is 2. The number of carbonyl (C=O) groups is 1. The van der Waals surface area contributed by atoms with Crippen molar-refractivity contribution >= 4 is 37.4 Å². The average molecular weight is 215 g/mol. The highest BCUT2D eigenvalue weighted by atomic mass is 32.2. The Hall–Kier alpha value is 0.395. The number of rotatable bonds is 3. The smallest absolute Gasteiger partial charge is 0.208 e. The number of hydrogen-bond acceptors (Lipinski definition) is 4. The molecule has 0 bridgehead atoms. The summed E-state index contributed by atoms with van der Waals surface area (Å²) in [6, 6.07) is 0. The van der Waals surface area contributed by atoms with Crippen molar-refractivity contribution in [3.05, 3.63) is 0 Å². The molecule has 1 saturated carbocycles. The van der Waals surface area contributed by atoms with Gasteiger partial charge in [-0.2, -0.15) is 12.6 Å². The van der Waals surface area contributed by atoms with Crippen molar-refractivity contribution in [2.24, 2.45) is 0 Å². The van der Waals surface area contributed by atoms with Crippen LogP contribution in [-0.2, 0) is 4.79 Å². The van der Waals surface area contributed by atoms with Crippen LogP contribution >= 0.6 is 24.4 Å². The molecule has 1 aliphatic carbocycles. The van der Waals surface area contributed by atoms with Crippen molar-refractivity contribution in [2.45, 2.75) is 30.1 Å². The third kappa shape index (κ3) is 2.45. The molecule has 0 heterocycles. The molecule has 0 aromatic rings. The van der Waals surface area contributed by atoms with E-state index in [-0.39, 0.29) is 5.12 Å². The highest BCUT2D eigenvalue weighted by molar-refractivity contribution is 8.13. The Morgan fingerprint density at radius 3 is 2.92 bits per heavy atom. The molecule has 5 heteroatoms. The molecule has 13 heavy (non-hydrogen) atoms. The highest BCUT2D eigenvalue weighted by Crippen LogP contribution is 2.35. The van der Waals surface area contributed by atoms with E-state index in [1.54, 1.807) is 0 Å². The fourth-order valence-corrected chi connectivity index (χ4v) is 2.92. The van der Waals surface area contributed by atoms with Gasteiger partial charge in [-0.05, 0) is 32.0 Å². The molecule has 0 aromatic carbocycles. The zero-order valence-electron chi connectivity index (χ0n) is 7.75. The van der Waals surface area contributed by atoms with Gasteiger partial charge in [-0.1, -0.05) is 11.8 Å². The summed E-state index contributed by atoms with van der Waals surface area (Å²) in [5.41, 5.74) is -0.402. The summed E-state index contributed by atoms with van der Waals surface area (Å²) < 4.78 is 0. The maximum atomic E-state index is 11.7. The first kappa shape index (κ1) is 11.5. The molecule has 0 spiro atoms. The van der Waals surface area contributed by atoms with E-state index in [2.05, 4.69) is 17.9 Å². The Labute approximate surface area is 90.4 Å². The van der Waals surface area contributed by atoms with Gasteiger partial charge in [0.1, 0.15) is 0 Å². The lowest BCUT2D eigenvalue weighted by molar-refractivity contribution is -0.116. The molecule has 2 atom stereocenters. The SMILES string of the molecule is [B]CN[C@@]1(C(=O)SC)CC[C@H](S)C1. The fourth-order valence-electron chi connectivity index (χ4n) is 1.83. The molecule has 0 saturated heterocycles. The Bertz CT molecular complexity index is 199. The van der Waals surface area contributed by atoms with Crippen LogP contribution in [0.1, 0.15) is 19.3 Å². The van der Waals surface area contributed by atoms with Crippen molar-refractivity contribution in [1.29, 1.82) is 0 Å². The maximum Gasteiger partial charge on any atom is 0.208 e. The second-order valence-corrected chi connectivity index (χ2v) is 4.86. The van der Waals surface area contributed by atoms with Crippen LogP contribution in [0, 0.1) is 0 Å². The molecular formula is C8H14BNOS2. The van der Waals surface area contributed by atoms with Gasteiger partial charge in [-0.3, -0.25) is 4.79 Å². The molecule has 1 rings (SSSR count). The zero-order valence-corrected chi connectivity index (χ0v) is 9.46. The van der Waals surface area contributed by atoms with E-state index in [0.717, 1.165) is 19.3 Å². The molecule has 1 aliphatic rings. The Morgan fingerprint density at radius 1 is 1.85 bits per heavy atom. The summed E-state index contributed by atoms with van der Waals surface area (Å²) in [5, 5.41) is 3.62. The van der Waals surface area contributed by atoms with Gasteiger partial charge in [-0.25, -0.2) is 0 Å². The van der Waals surface area contributed by atoms with Crippen molar-refractivity contribution in [3.8, 4) is 0 Å². The lowest BCUT2D eigenvalue weighted by Crippen LogP contribution is -2.49. The quantitative estimate of drug-likeness (QED) is 0.539. The van der Waals surface area contributed by atoms with Gasteiger partial charge in [0.2, 0.25) is 5.12 Å². The van der Waals surface area contributed by atoms with E-state index in [1.807, 2.05) is 6.26 Å². The second kappa shape index (κ2) is 4.76. The Balaban J connectivity index is 2.70. The first-order valence-corrected chi connectivity index (χ1v) is 6.10. The van der Waals surface area contributed by atoms with E-state index in [9.17, 15) is 4.79 Å². The molecule has 0 aromatic heterocycles. The summed E-state index contributed by atoms with van der Waals surface area (Å²) in [7, 11) is 5.43. The average Bonchev–Trinajstić information content (AvgIpc) is 2.48. The lowest BCUT2D eigenvalue weighted by Gasteiger charge is -2.27. The van der Waals surface area contributed by atoms with Gasteiger partial charge < -0.3 is 5.32 Å². The van der Waals surface area contributed by atoms with Crippen LogP contribution < -0.4 is 5.32 Å². The van der Waals surface area contributed by atoms with E-state index in [0.29, 0.717) is 11.7 Å². The maximum absolute atomic E-state index is 11.7. The van der Waals surface area contributed by atoms with Gasteiger partial charge in [0.15, 0.2) is 0 Å². The topological polar surface area (TPSA) is 29.1 Å². The van der Waals surface area contributed by atoms with E-state index < -0.39 is 5.54 Å². The van der Waals surface area contributed by atoms with Crippen LogP contribution in [0.4, 0.5) is 0 Å². The predicted molar refractivity (Wildman–Crippen MR) is 61.6 cm³/mol. The monoisotopic (exact) mass is 215 g/mol. The second-order valence-electron chi connectivity index (χ2n) is 3.35. The number of carbonyl (C=O) groups excluding carboxylic acids is 1. The van der Waals surface area contributed by atoms with Gasteiger partial charge in [0.05, 0.1) is 13.4 Å². The van der Waals surface area contributed by atoms with E-state index >= 15 is 0 Å². The standard InChI is InChI=1S/C8H14BNOS2/c1-13-7(11)8(10-5-9)3-2-6(12)4-8/h6,10,12H,2-5H2,1H3/t6-,8-/m0/s1. The minimum atomic E-state index is -0.402. The van der Waals surface area contributed by atoms with Crippen LogP contribution in [0.3, 0.4) is 0 Å². The Morgan fingerprint density at radius 2 is 2.54 bits per heavy atom. The molecule has 1 fully saturated rings. The highest BCUT2D eigenvalue weighted by Gasteiger charge is 2.42. The first-order valence-electron chi connectivity index (χ1n) is 4.36. The normalized spacial score (nSPS) is 33.5. The van der Waals surface area contributed by atoms with Crippen LogP contribution in [0.25, 0.3) is 0 Å². The van der Waals surface area contributed by atoms with Crippen molar-refractivity contribution in [3.63, 3.8) is 0 Å². The molecule has 2 radical (unpaired) electrons. The number of thiol groups is 1. The molecule has 0 aliphatic heterocycles. The van der Waals surface area contributed by atoms with E-state index in [4.69, 9.17) is 7.85 Å².